The topological polar surface area (TPSA) is 72.9 Å². The number of ether oxygens (including phenoxy) is 5. The fourth-order valence-electron chi connectivity index (χ4n) is 13.8. The Balaban J connectivity index is 0.903. The van der Waals surface area contributed by atoms with Crippen LogP contribution in [0.25, 0.3) is 0 Å². The molecule has 0 radical (unpaired) electrons. The van der Waals surface area contributed by atoms with E-state index in [2.05, 4.69) is 51.3 Å². The zero-order valence-electron chi connectivity index (χ0n) is 33.9. The monoisotopic (exact) mass is 728 g/mol. The van der Waals surface area contributed by atoms with Crippen LogP contribution in [0.2, 0.25) is 0 Å². The molecule has 1 amide bonds. The highest BCUT2D eigenvalue weighted by Gasteiger charge is 2.80. The predicted molar refractivity (Wildman–Crippen MR) is 202 cm³/mol. The van der Waals surface area contributed by atoms with Gasteiger partial charge < -0.3 is 28.6 Å². The minimum absolute atomic E-state index is 0.115. The van der Waals surface area contributed by atoms with Crippen molar-refractivity contribution < 1.29 is 28.5 Å². The van der Waals surface area contributed by atoms with Crippen LogP contribution in [0.4, 0.5) is 4.79 Å². The van der Waals surface area contributed by atoms with Gasteiger partial charge >= 0.3 is 6.09 Å². The van der Waals surface area contributed by atoms with Crippen LogP contribution in [0.1, 0.15) is 112 Å². The molecule has 5 aliphatic carbocycles. The summed E-state index contributed by atoms with van der Waals surface area (Å²) in [6, 6.07) is 0. The summed E-state index contributed by atoms with van der Waals surface area (Å²) in [7, 11) is 1.82. The molecule has 8 rings (SSSR count). The maximum absolute atomic E-state index is 12.7. The molecule has 9 heteroatoms. The van der Waals surface area contributed by atoms with E-state index in [1.807, 2.05) is 12.0 Å². The van der Waals surface area contributed by atoms with E-state index in [0.717, 1.165) is 83.1 Å². The molecule has 9 nitrogen and oxygen atoms in total. The summed E-state index contributed by atoms with van der Waals surface area (Å²) in [5.41, 5.74) is 1.50. The van der Waals surface area contributed by atoms with E-state index in [0.29, 0.717) is 34.9 Å². The molecule has 0 aromatic heterocycles. The van der Waals surface area contributed by atoms with Crippen LogP contribution in [0.3, 0.4) is 0 Å². The summed E-state index contributed by atoms with van der Waals surface area (Å²) in [6.45, 7) is 23.6. The molecule has 8 aliphatic rings. The van der Waals surface area contributed by atoms with Gasteiger partial charge in [0.05, 0.1) is 31.5 Å². The van der Waals surface area contributed by atoms with E-state index in [1.165, 1.54) is 64.2 Å². The van der Waals surface area contributed by atoms with Crippen molar-refractivity contribution in [3.05, 3.63) is 0 Å². The van der Waals surface area contributed by atoms with Crippen LogP contribution in [0.5, 0.6) is 0 Å². The highest BCUT2D eigenvalue weighted by molar-refractivity contribution is 5.68. The van der Waals surface area contributed by atoms with Gasteiger partial charge in [-0.25, -0.2) is 4.79 Å². The molecule has 8 fully saturated rings. The molecule has 11 unspecified atom stereocenters. The number of methoxy groups -OCH3 is 1. The molecule has 3 aliphatic heterocycles. The SMILES string of the molecule is CCCC1C(OCC(OC(=O)N2CCC2)C(C)C)CC2C3CCC4C(C)(C)C(OC5CN(CCN6CC(OC)C6)CCO5)CCC45CC35CCC12C. The maximum Gasteiger partial charge on any atom is 0.410 e. The summed E-state index contributed by atoms with van der Waals surface area (Å²) in [5.74, 6) is 3.11. The van der Waals surface area contributed by atoms with Gasteiger partial charge in [-0.05, 0) is 115 Å². The van der Waals surface area contributed by atoms with Crippen LogP contribution in [-0.4, -0.2) is 124 Å². The highest BCUT2D eigenvalue weighted by Crippen LogP contribution is 2.87. The normalized spacial score (nSPS) is 43.5. The minimum atomic E-state index is -0.185. The molecule has 5 saturated carbocycles. The van der Waals surface area contributed by atoms with Crippen LogP contribution in [-0.2, 0) is 23.7 Å². The lowest BCUT2D eigenvalue weighted by atomic mass is 9.46. The molecule has 3 saturated heterocycles. The van der Waals surface area contributed by atoms with Gasteiger partial charge in [-0.3, -0.25) is 9.80 Å². The van der Waals surface area contributed by atoms with E-state index >= 15 is 0 Å². The summed E-state index contributed by atoms with van der Waals surface area (Å²) >= 11 is 0. The fraction of sp³-hybridized carbons (Fsp3) is 0.977. The number of hydrogen-bond donors (Lipinski definition) is 0. The molecular formula is C43H73N3O6. The van der Waals surface area contributed by atoms with Crippen molar-refractivity contribution in [3.8, 4) is 0 Å². The molecule has 3 heterocycles. The number of hydrogen-bond acceptors (Lipinski definition) is 8. The van der Waals surface area contributed by atoms with Crippen molar-refractivity contribution in [2.24, 2.45) is 51.2 Å². The highest BCUT2D eigenvalue weighted by atomic mass is 16.7. The Hall–Kier alpha value is -0.970. The van der Waals surface area contributed by atoms with Gasteiger partial charge in [0.2, 0.25) is 0 Å². The van der Waals surface area contributed by atoms with Gasteiger partial charge in [0.25, 0.3) is 0 Å². The van der Waals surface area contributed by atoms with Crippen molar-refractivity contribution in [1.29, 1.82) is 0 Å². The Morgan fingerprint density at radius 2 is 1.71 bits per heavy atom. The van der Waals surface area contributed by atoms with Gasteiger partial charge in [-0.2, -0.15) is 0 Å². The number of nitrogens with zero attached hydrogens (tertiary/aromatic N) is 3. The summed E-state index contributed by atoms with van der Waals surface area (Å²) in [4.78, 5) is 19.6. The second-order valence-electron chi connectivity index (χ2n) is 20.1. The molecule has 52 heavy (non-hydrogen) atoms. The largest absolute Gasteiger partial charge is 0.443 e. The van der Waals surface area contributed by atoms with E-state index in [4.69, 9.17) is 23.7 Å². The Morgan fingerprint density at radius 1 is 0.923 bits per heavy atom. The lowest BCUT2D eigenvalue weighted by molar-refractivity contribution is -0.245. The third kappa shape index (κ3) is 6.39. The first-order chi connectivity index (χ1) is 24.9. The minimum Gasteiger partial charge on any atom is -0.443 e. The lowest BCUT2D eigenvalue weighted by Crippen LogP contribution is -2.57. The molecule has 0 aromatic carbocycles. The summed E-state index contributed by atoms with van der Waals surface area (Å²) in [5, 5.41) is 0. The Labute approximate surface area is 315 Å². The lowest BCUT2D eigenvalue weighted by Gasteiger charge is -2.60. The average Bonchev–Trinajstić information content (AvgIpc) is 3.65. The first-order valence-electron chi connectivity index (χ1n) is 21.8. The van der Waals surface area contributed by atoms with E-state index in [1.54, 1.807) is 0 Å². The second-order valence-corrected chi connectivity index (χ2v) is 20.1. The smallest absolute Gasteiger partial charge is 0.410 e. The number of carbonyl (C=O) groups excluding carboxylic acids is 1. The van der Waals surface area contributed by atoms with Gasteiger partial charge in [-0.15, -0.1) is 0 Å². The Bertz CT molecular complexity index is 1270. The Morgan fingerprint density at radius 3 is 2.42 bits per heavy atom. The molecule has 0 bridgehead atoms. The third-order valence-corrected chi connectivity index (χ3v) is 17.1. The van der Waals surface area contributed by atoms with Crippen molar-refractivity contribution in [3.63, 3.8) is 0 Å². The molecule has 0 N–H and O–H groups in total. The first-order valence-corrected chi connectivity index (χ1v) is 21.8. The van der Waals surface area contributed by atoms with Crippen LogP contribution >= 0.6 is 0 Å². The number of fused-ring (bicyclic) bond motifs is 2. The first kappa shape index (κ1) is 37.9. The van der Waals surface area contributed by atoms with Crippen LogP contribution in [0.15, 0.2) is 0 Å². The van der Waals surface area contributed by atoms with Crippen molar-refractivity contribution in [1.82, 2.24) is 14.7 Å². The molecule has 11 atom stereocenters. The third-order valence-electron chi connectivity index (χ3n) is 17.1. The van der Waals surface area contributed by atoms with E-state index in [-0.39, 0.29) is 42.0 Å². The standard InChI is InChI=1S/C43H73N3O6/c1-8-10-32-34(50-27-35(29(2)3)51-39(47)46-17-9-18-46)23-33-31-11-12-36-40(4,5)37(13-14-43(36)28-42(31,43)16-15-41(32,33)6)52-38-26-44(21-22-49-38)19-20-45-24-30(25-45)48-7/h29-38H,8-28H2,1-7H3. The number of carbonyl (C=O) groups is 1. The van der Waals surface area contributed by atoms with Gasteiger partial charge in [0.15, 0.2) is 6.29 Å². The molecule has 2 spiro atoms. The summed E-state index contributed by atoms with van der Waals surface area (Å²) in [6.07, 6.45) is 14.6. The van der Waals surface area contributed by atoms with Crippen molar-refractivity contribution >= 4 is 6.09 Å². The fourth-order valence-corrected chi connectivity index (χ4v) is 13.8. The quantitative estimate of drug-likeness (QED) is 0.200. The number of rotatable bonds is 13. The van der Waals surface area contributed by atoms with Crippen LogP contribution in [0, 0.1) is 51.2 Å². The van der Waals surface area contributed by atoms with Gasteiger partial charge in [-0.1, -0.05) is 48.0 Å². The summed E-state index contributed by atoms with van der Waals surface area (Å²) < 4.78 is 31.8. The van der Waals surface area contributed by atoms with E-state index < -0.39 is 0 Å². The zero-order chi connectivity index (χ0) is 36.5. The number of likely N-dealkylation sites (tertiary alicyclic amines) is 2. The second kappa shape index (κ2) is 14.5. The maximum atomic E-state index is 12.7. The van der Waals surface area contributed by atoms with Gasteiger partial charge in [0.1, 0.15) is 6.10 Å². The number of amides is 1. The van der Waals surface area contributed by atoms with E-state index in [9.17, 15) is 4.79 Å². The average molecular weight is 728 g/mol. The van der Waals surface area contributed by atoms with Gasteiger partial charge in [0, 0.05) is 59.5 Å². The van der Waals surface area contributed by atoms with Crippen LogP contribution < -0.4 is 0 Å². The van der Waals surface area contributed by atoms with Crippen molar-refractivity contribution in [2.45, 2.75) is 143 Å². The number of morpholine rings is 1. The zero-order valence-corrected chi connectivity index (χ0v) is 33.9. The predicted octanol–water partition coefficient (Wildman–Crippen LogP) is 7.07. The molecule has 296 valence electrons. The Kier molecular flexibility index (Phi) is 10.6. The molecule has 0 aromatic rings. The van der Waals surface area contributed by atoms with Crippen molar-refractivity contribution in [2.75, 3.05) is 72.7 Å². The molecular weight excluding hydrogens is 654 g/mol.